The second kappa shape index (κ2) is 10.3. The molecule has 0 aliphatic carbocycles. The monoisotopic (exact) mass is 416 g/mol. The highest BCUT2D eigenvalue weighted by molar-refractivity contribution is 6.64. The summed E-state index contributed by atoms with van der Waals surface area (Å²) in [5.41, 5.74) is 5.96. The van der Waals surface area contributed by atoms with Gasteiger partial charge in [0, 0.05) is 0 Å². The lowest BCUT2D eigenvalue weighted by molar-refractivity contribution is 0.00578. The predicted octanol–water partition coefficient (Wildman–Crippen LogP) is 7.21. The Bertz CT molecular complexity index is 932. The molecule has 2 nitrogen and oxygen atoms in total. The van der Waals surface area contributed by atoms with Crippen molar-refractivity contribution in [2.75, 3.05) is 0 Å². The highest BCUT2D eigenvalue weighted by atomic mass is 16.7. The maximum Gasteiger partial charge on any atom is 0.495 e. The molecule has 0 unspecified atom stereocenters. The molecule has 0 bridgehead atoms. The standard InChI is InChI=1S/C26H31BO2.C2H6/c1-8-20(18-17-19(2)3)22-15-12-16-23(24(22)21-13-10-9-11-14-21)27-28-25(4,5)26(6,7)29-27;1-2/h8-18H,1H2,2-7H3;1-2H3/b20-18+;. The zero-order valence-corrected chi connectivity index (χ0v) is 20.5. The van der Waals surface area contributed by atoms with Gasteiger partial charge in [-0.15, -0.1) is 0 Å². The minimum atomic E-state index is -0.426. The lowest BCUT2D eigenvalue weighted by Crippen LogP contribution is -2.41. The predicted molar refractivity (Wildman–Crippen MR) is 137 cm³/mol. The van der Waals surface area contributed by atoms with Crippen molar-refractivity contribution in [2.45, 2.75) is 66.6 Å². The molecule has 0 N–H and O–H groups in total. The SMILES string of the molecule is C=C/C(=C\C=C(C)C)c1cccc(B2OC(C)(C)C(C)(C)O2)c1-c1ccccc1.CC. The third-order valence-corrected chi connectivity index (χ3v) is 5.79. The minimum Gasteiger partial charge on any atom is -0.399 e. The number of benzene rings is 2. The van der Waals surface area contributed by atoms with Crippen LogP contribution in [0, 0.1) is 0 Å². The van der Waals surface area contributed by atoms with Crippen LogP contribution in [0.25, 0.3) is 16.7 Å². The Morgan fingerprint density at radius 2 is 1.42 bits per heavy atom. The summed E-state index contributed by atoms with van der Waals surface area (Å²) in [6, 6.07) is 16.8. The van der Waals surface area contributed by atoms with Gasteiger partial charge < -0.3 is 9.31 Å². The van der Waals surface area contributed by atoms with Gasteiger partial charge in [0.2, 0.25) is 0 Å². The molecule has 31 heavy (non-hydrogen) atoms. The Hall–Kier alpha value is -2.36. The molecule has 1 saturated heterocycles. The van der Waals surface area contributed by atoms with Crippen molar-refractivity contribution < 1.29 is 9.31 Å². The van der Waals surface area contributed by atoms with E-state index in [4.69, 9.17) is 9.31 Å². The largest absolute Gasteiger partial charge is 0.495 e. The first kappa shape index (κ1) is 24.9. The Balaban J connectivity index is 0.00000166. The van der Waals surface area contributed by atoms with Crippen LogP contribution >= 0.6 is 0 Å². The third-order valence-electron chi connectivity index (χ3n) is 5.79. The van der Waals surface area contributed by atoms with E-state index in [0.717, 1.165) is 27.7 Å². The molecule has 3 rings (SSSR count). The molecule has 164 valence electrons. The van der Waals surface area contributed by atoms with Crippen molar-refractivity contribution >= 4 is 18.2 Å². The van der Waals surface area contributed by atoms with Gasteiger partial charge in [0.25, 0.3) is 0 Å². The van der Waals surface area contributed by atoms with Gasteiger partial charge in [0.1, 0.15) is 0 Å². The van der Waals surface area contributed by atoms with E-state index in [1.54, 1.807) is 0 Å². The second-order valence-corrected chi connectivity index (χ2v) is 8.79. The summed E-state index contributed by atoms with van der Waals surface area (Å²) in [7, 11) is -0.426. The fourth-order valence-corrected chi connectivity index (χ4v) is 3.43. The molecule has 0 saturated carbocycles. The van der Waals surface area contributed by atoms with Crippen LogP contribution in [0.2, 0.25) is 0 Å². The maximum absolute atomic E-state index is 6.40. The lowest BCUT2D eigenvalue weighted by atomic mass is 9.72. The zero-order valence-electron chi connectivity index (χ0n) is 20.5. The molecular formula is C28H37BO2. The third kappa shape index (κ3) is 5.47. The molecule has 1 aliphatic rings. The van der Waals surface area contributed by atoms with Gasteiger partial charge >= 0.3 is 7.12 Å². The molecule has 0 spiro atoms. The lowest BCUT2D eigenvalue weighted by Gasteiger charge is -2.32. The molecule has 3 heteroatoms. The summed E-state index contributed by atoms with van der Waals surface area (Å²) in [6.45, 7) is 20.6. The number of hydrogen-bond acceptors (Lipinski definition) is 2. The molecular weight excluding hydrogens is 379 g/mol. The van der Waals surface area contributed by atoms with Crippen LogP contribution in [0.5, 0.6) is 0 Å². The number of hydrogen-bond donors (Lipinski definition) is 0. The molecule has 2 aromatic carbocycles. The van der Waals surface area contributed by atoms with Gasteiger partial charge in [0.15, 0.2) is 0 Å². The van der Waals surface area contributed by atoms with Gasteiger partial charge in [0.05, 0.1) is 11.2 Å². The van der Waals surface area contributed by atoms with E-state index in [0.29, 0.717) is 0 Å². The minimum absolute atomic E-state index is 0.388. The van der Waals surface area contributed by atoms with Crippen molar-refractivity contribution in [3.63, 3.8) is 0 Å². The van der Waals surface area contributed by atoms with Crippen molar-refractivity contribution in [3.05, 3.63) is 84.5 Å². The Kier molecular flexibility index (Phi) is 8.28. The fourth-order valence-electron chi connectivity index (χ4n) is 3.43. The molecule has 1 heterocycles. The highest BCUT2D eigenvalue weighted by Crippen LogP contribution is 2.38. The summed E-state index contributed by atoms with van der Waals surface area (Å²) in [5.74, 6) is 0. The number of allylic oxidation sites excluding steroid dienone is 5. The molecule has 1 aliphatic heterocycles. The van der Waals surface area contributed by atoms with Crippen molar-refractivity contribution in [3.8, 4) is 11.1 Å². The quantitative estimate of drug-likeness (QED) is 0.379. The Morgan fingerprint density at radius 3 is 1.94 bits per heavy atom. The van der Waals surface area contributed by atoms with E-state index < -0.39 is 7.12 Å². The normalized spacial score (nSPS) is 16.9. The summed E-state index contributed by atoms with van der Waals surface area (Å²) in [6.07, 6.45) is 6.15. The molecule has 0 amide bonds. The first-order valence-corrected chi connectivity index (χ1v) is 11.2. The Morgan fingerprint density at radius 1 is 0.839 bits per heavy atom. The first-order valence-electron chi connectivity index (χ1n) is 11.2. The average molecular weight is 416 g/mol. The molecule has 0 atom stereocenters. The van der Waals surface area contributed by atoms with Crippen molar-refractivity contribution in [2.24, 2.45) is 0 Å². The summed E-state index contributed by atoms with van der Waals surface area (Å²) < 4.78 is 12.8. The van der Waals surface area contributed by atoms with Crippen molar-refractivity contribution in [1.82, 2.24) is 0 Å². The topological polar surface area (TPSA) is 18.5 Å². The summed E-state index contributed by atoms with van der Waals surface area (Å²) >= 11 is 0. The van der Waals surface area contributed by atoms with E-state index >= 15 is 0 Å². The zero-order chi connectivity index (χ0) is 23.2. The first-order chi connectivity index (χ1) is 14.7. The second-order valence-electron chi connectivity index (χ2n) is 8.79. The van der Waals surface area contributed by atoms with Crippen molar-refractivity contribution in [1.29, 1.82) is 0 Å². The molecule has 1 fully saturated rings. The smallest absolute Gasteiger partial charge is 0.399 e. The van der Waals surface area contributed by atoms with Crippen LogP contribution in [0.4, 0.5) is 0 Å². The molecule has 0 radical (unpaired) electrons. The number of rotatable bonds is 5. The van der Waals surface area contributed by atoms with E-state index in [1.807, 2.05) is 26.0 Å². The summed E-state index contributed by atoms with van der Waals surface area (Å²) in [5, 5.41) is 0. The van der Waals surface area contributed by atoms with Crippen LogP contribution in [0.15, 0.2) is 78.9 Å². The highest BCUT2D eigenvalue weighted by Gasteiger charge is 2.52. The summed E-state index contributed by atoms with van der Waals surface area (Å²) in [4.78, 5) is 0. The van der Waals surface area contributed by atoms with E-state index in [-0.39, 0.29) is 11.2 Å². The van der Waals surface area contributed by atoms with Gasteiger partial charge in [-0.25, -0.2) is 0 Å². The van der Waals surface area contributed by atoms with E-state index in [9.17, 15) is 0 Å². The van der Waals surface area contributed by atoms with Gasteiger partial charge in [-0.2, -0.15) is 0 Å². The van der Waals surface area contributed by atoms with Crippen LogP contribution in [-0.4, -0.2) is 18.3 Å². The van der Waals surface area contributed by atoms with Crippen LogP contribution in [-0.2, 0) is 9.31 Å². The van der Waals surface area contributed by atoms with Crippen LogP contribution in [0.3, 0.4) is 0 Å². The van der Waals surface area contributed by atoms with Crippen LogP contribution in [0.1, 0.15) is 61.0 Å². The molecule has 2 aromatic rings. The fraction of sp³-hybridized carbons (Fsp3) is 0.357. The van der Waals surface area contributed by atoms with Gasteiger partial charge in [-0.3, -0.25) is 0 Å². The average Bonchev–Trinajstić information content (AvgIpc) is 2.97. The van der Waals surface area contributed by atoms with Gasteiger partial charge in [-0.05, 0) is 69.3 Å². The Labute approximate surface area is 189 Å². The molecule has 0 aromatic heterocycles. The van der Waals surface area contributed by atoms with Crippen LogP contribution < -0.4 is 5.46 Å². The van der Waals surface area contributed by atoms with E-state index in [1.165, 1.54) is 5.57 Å². The van der Waals surface area contributed by atoms with Gasteiger partial charge in [-0.1, -0.05) is 92.8 Å². The maximum atomic E-state index is 6.40. The van der Waals surface area contributed by atoms with E-state index in [2.05, 4.69) is 103 Å².